The summed E-state index contributed by atoms with van der Waals surface area (Å²) >= 11 is 0. The number of ether oxygens (including phenoxy) is 2. The van der Waals surface area contributed by atoms with Gasteiger partial charge in [0.25, 0.3) is 0 Å². The molecule has 1 fully saturated rings. The lowest BCUT2D eigenvalue weighted by atomic mass is 10.1. The Morgan fingerprint density at radius 3 is 2.42 bits per heavy atom. The van der Waals surface area contributed by atoms with Gasteiger partial charge in [0.05, 0.1) is 0 Å². The maximum Gasteiger partial charge on any atom is 0.186 e. The third kappa shape index (κ3) is 1.67. The average molecular weight is 174 g/mol. The van der Waals surface area contributed by atoms with E-state index in [1.165, 1.54) is 7.11 Å². The highest BCUT2D eigenvalue weighted by atomic mass is 16.7. The van der Waals surface area contributed by atoms with Gasteiger partial charge in [-0.05, 0) is 6.92 Å². The van der Waals surface area contributed by atoms with Crippen molar-refractivity contribution in [3.05, 3.63) is 12.2 Å². The molecule has 1 heterocycles. The lowest BCUT2D eigenvalue weighted by Gasteiger charge is -2.11. The van der Waals surface area contributed by atoms with Gasteiger partial charge in [-0.1, -0.05) is 12.2 Å². The van der Waals surface area contributed by atoms with Crippen molar-refractivity contribution < 1.29 is 19.7 Å². The summed E-state index contributed by atoms with van der Waals surface area (Å²) in [5.74, 6) is 0. The molecule has 0 bridgehead atoms. The fourth-order valence-corrected chi connectivity index (χ4v) is 1.22. The minimum atomic E-state index is -0.962. The molecule has 1 rings (SSSR count). The number of aliphatic hydroxyl groups excluding tert-OH is 2. The summed E-state index contributed by atoms with van der Waals surface area (Å²) in [6, 6.07) is 0. The van der Waals surface area contributed by atoms with Gasteiger partial charge < -0.3 is 19.7 Å². The van der Waals surface area contributed by atoms with E-state index in [9.17, 15) is 10.2 Å². The molecule has 0 saturated carbocycles. The first-order chi connectivity index (χ1) is 5.70. The third-order valence-electron chi connectivity index (χ3n) is 1.87. The quantitative estimate of drug-likeness (QED) is 0.562. The molecule has 0 aliphatic carbocycles. The van der Waals surface area contributed by atoms with Crippen LogP contribution in [0.15, 0.2) is 12.2 Å². The van der Waals surface area contributed by atoms with E-state index in [0.29, 0.717) is 0 Å². The highest BCUT2D eigenvalue weighted by molar-refractivity contribution is 4.99. The highest BCUT2D eigenvalue weighted by Crippen LogP contribution is 2.22. The lowest BCUT2D eigenvalue weighted by molar-refractivity contribution is -0.142. The molecular formula is C8H14O4. The number of rotatable bonds is 2. The Hall–Kier alpha value is -0.420. The fourth-order valence-electron chi connectivity index (χ4n) is 1.22. The SMILES string of the molecule is C/C=C/C1OC(OC)C(O)C1O. The molecule has 0 radical (unpaired) electrons. The summed E-state index contributed by atoms with van der Waals surface area (Å²) in [5.41, 5.74) is 0. The molecule has 12 heavy (non-hydrogen) atoms. The number of hydrogen-bond acceptors (Lipinski definition) is 4. The van der Waals surface area contributed by atoms with Crippen molar-refractivity contribution in [3.63, 3.8) is 0 Å². The van der Waals surface area contributed by atoms with Crippen molar-refractivity contribution in [2.45, 2.75) is 31.5 Å². The van der Waals surface area contributed by atoms with Crippen molar-refractivity contribution in [3.8, 4) is 0 Å². The smallest absolute Gasteiger partial charge is 0.186 e. The molecule has 4 nitrogen and oxygen atoms in total. The zero-order valence-corrected chi connectivity index (χ0v) is 7.18. The summed E-state index contributed by atoms with van der Waals surface area (Å²) in [6.07, 6.45) is 0.407. The Morgan fingerprint density at radius 1 is 1.33 bits per heavy atom. The van der Waals surface area contributed by atoms with Gasteiger partial charge in [0.2, 0.25) is 0 Å². The summed E-state index contributed by atoms with van der Waals surface area (Å²) in [7, 11) is 1.43. The maximum absolute atomic E-state index is 9.38. The largest absolute Gasteiger partial charge is 0.387 e. The molecule has 1 aliphatic heterocycles. The lowest BCUT2D eigenvalue weighted by Crippen LogP contribution is -2.32. The number of allylic oxidation sites excluding steroid dienone is 1. The molecular weight excluding hydrogens is 160 g/mol. The molecule has 4 heteroatoms. The van der Waals surface area contributed by atoms with Crippen molar-refractivity contribution in [2.75, 3.05) is 7.11 Å². The molecule has 1 aliphatic rings. The normalized spacial score (nSPS) is 42.7. The van der Waals surface area contributed by atoms with Crippen molar-refractivity contribution in [1.82, 2.24) is 0 Å². The van der Waals surface area contributed by atoms with Crippen LogP contribution in [-0.2, 0) is 9.47 Å². The van der Waals surface area contributed by atoms with Gasteiger partial charge in [-0.2, -0.15) is 0 Å². The van der Waals surface area contributed by atoms with Crippen LogP contribution in [0.5, 0.6) is 0 Å². The Morgan fingerprint density at radius 2 is 2.00 bits per heavy atom. The van der Waals surface area contributed by atoms with Crippen LogP contribution in [0.1, 0.15) is 6.92 Å². The second-order valence-corrected chi connectivity index (χ2v) is 2.71. The summed E-state index contributed by atoms with van der Waals surface area (Å²) < 4.78 is 9.97. The minimum Gasteiger partial charge on any atom is -0.387 e. The predicted molar refractivity (Wildman–Crippen MR) is 42.5 cm³/mol. The van der Waals surface area contributed by atoms with Gasteiger partial charge in [-0.15, -0.1) is 0 Å². The van der Waals surface area contributed by atoms with Crippen LogP contribution < -0.4 is 0 Å². The van der Waals surface area contributed by atoms with E-state index in [1.807, 2.05) is 6.92 Å². The first-order valence-electron chi connectivity index (χ1n) is 3.88. The molecule has 2 N–H and O–H groups in total. The van der Waals surface area contributed by atoms with E-state index in [2.05, 4.69) is 0 Å². The van der Waals surface area contributed by atoms with Crippen LogP contribution in [0.25, 0.3) is 0 Å². The predicted octanol–water partition coefficient (Wildman–Crippen LogP) is -0.344. The van der Waals surface area contributed by atoms with Crippen LogP contribution >= 0.6 is 0 Å². The van der Waals surface area contributed by atoms with E-state index in [0.717, 1.165) is 0 Å². The molecule has 70 valence electrons. The Balaban J connectivity index is 2.60. The fraction of sp³-hybridized carbons (Fsp3) is 0.750. The second-order valence-electron chi connectivity index (χ2n) is 2.71. The Bertz CT molecular complexity index is 168. The molecule has 4 atom stereocenters. The molecule has 0 amide bonds. The van der Waals surface area contributed by atoms with Crippen LogP contribution in [0.3, 0.4) is 0 Å². The van der Waals surface area contributed by atoms with E-state index in [1.54, 1.807) is 12.2 Å². The van der Waals surface area contributed by atoms with E-state index in [-0.39, 0.29) is 0 Å². The summed E-state index contributed by atoms with van der Waals surface area (Å²) in [6.45, 7) is 1.82. The average Bonchev–Trinajstić information content (AvgIpc) is 2.33. The number of aliphatic hydroxyl groups is 2. The maximum atomic E-state index is 9.38. The molecule has 0 aromatic heterocycles. The first kappa shape index (κ1) is 9.67. The number of hydrogen-bond donors (Lipinski definition) is 2. The van der Waals surface area contributed by atoms with Gasteiger partial charge in [0.1, 0.15) is 18.3 Å². The third-order valence-corrected chi connectivity index (χ3v) is 1.87. The van der Waals surface area contributed by atoms with Crippen LogP contribution in [-0.4, -0.2) is 41.9 Å². The molecule has 0 aromatic carbocycles. The molecule has 0 aromatic rings. The minimum absolute atomic E-state index is 0.463. The second kappa shape index (κ2) is 4.00. The summed E-state index contributed by atoms with van der Waals surface area (Å²) in [4.78, 5) is 0. The van der Waals surface area contributed by atoms with E-state index >= 15 is 0 Å². The van der Waals surface area contributed by atoms with Gasteiger partial charge in [0, 0.05) is 7.11 Å². The van der Waals surface area contributed by atoms with Crippen molar-refractivity contribution in [1.29, 1.82) is 0 Å². The van der Waals surface area contributed by atoms with Gasteiger partial charge in [-0.25, -0.2) is 0 Å². The standard InChI is InChI=1S/C8H14O4/c1-3-4-5-6(9)7(10)8(11-2)12-5/h3-10H,1-2H3/b4-3+. The van der Waals surface area contributed by atoms with Crippen LogP contribution in [0.2, 0.25) is 0 Å². The van der Waals surface area contributed by atoms with Gasteiger partial charge >= 0.3 is 0 Å². The topological polar surface area (TPSA) is 58.9 Å². The monoisotopic (exact) mass is 174 g/mol. The molecule has 0 spiro atoms. The zero-order valence-electron chi connectivity index (χ0n) is 7.18. The van der Waals surface area contributed by atoms with E-state index in [4.69, 9.17) is 9.47 Å². The Kier molecular flexibility index (Phi) is 3.22. The van der Waals surface area contributed by atoms with Crippen LogP contribution in [0.4, 0.5) is 0 Å². The number of methoxy groups -OCH3 is 1. The van der Waals surface area contributed by atoms with Crippen LogP contribution in [0, 0.1) is 0 Å². The zero-order chi connectivity index (χ0) is 9.14. The van der Waals surface area contributed by atoms with Gasteiger partial charge in [0.15, 0.2) is 6.29 Å². The molecule has 4 unspecified atom stereocenters. The highest BCUT2D eigenvalue weighted by Gasteiger charge is 2.41. The van der Waals surface area contributed by atoms with Gasteiger partial charge in [-0.3, -0.25) is 0 Å². The Labute approximate surface area is 71.4 Å². The first-order valence-corrected chi connectivity index (χ1v) is 3.88. The van der Waals surface area contributed by atoms with Crippen molar-refractivity contribution >= 4 is 0 Å². The van der Waals surface area contributed by atoms with E-state index < -0.39 is 24.6 Å². The van der Waals surface area contributed by atoms with Crippen molar-refractivity contribution in [2.24, 2.45) is 0 Å². The molecule has 1 saturated heterocycles. The summed E-state index contributed by atoms with van der Waals surface area (Å²) in [5, 5.41) is 18.7.